The summed E-state index contributed by atoms with van der Waals surface area (Å²) in [5.41, 5.74) is 3.32. The summed E-state index contributed by atoms with van der Waals surface area (Å²) in [6.07, 6.45) is 9.97. The van der Waals surface area contributed by atoms with E-state index >= 15 is 0 Å². The van der Waals surface area contributed by atoms with Crippen LogP contribution in [0.5, 0.6) is 5.75 Å². The Labute approximate surface area is 157 Å². The number of phenols is 1. The number of hydrogen-bond acceptors (Lipinski definition) is 1. The minimum atomic E-state index is 0. The SMILES string of the molecule is C=CC[N+]1(C)CCC23CCCCC2C1Cc1ccc(O)cc13.[I-]. The molecule has 4 atom stereocenters. The Hall–Kier alpha value is -0.550. The molecule has 126 valence electrons. The number of aromatic hydroxyl groups is 1. The minimum absolute atomic E-state index is 0. The van der Waals surface area contributed by atoms with Gasteiger partial charge in [0.2, 0.25) is 0 Å². The van der Waals surface area contributed by atoms with E-state index in [1.165, 1.54) is 56.2 Å². The first kappa shape index (κ1) is 17.3. The molecule has 4 rings (SSSR count). The van der Waals surface area contributed by atoms with Crippen molar-refractivity contribution < 1.29 is 33.6 Å². The molecule has 3 aliphatic rings. The first-order valence-corrected chi connectivity index (χ1v) is 8.87. The van der Waals surface area contributed by atoms with Gasteiger partial charge in [0.1, 0.15) is 5.75 Å². The molecule has 2 nitrogen and oxygen atoms in total. The van der Waals surface area contributed by atoms with Crippen LogP contribution in [0.1, 0.15) is 43.2 Å². The molecule has 2 aliphatic carbocycles. The van der Waals surface area contributed by atoms with E-state index in [0.29, 0.717) is 11.2 Å². The summed E-state index contributed by atoms with van der Waals surface area (Å²) in [6.45, 7) is 6.36. The van der Waals surface area contributed by atoms with Crippen LogP contribution in [0.15, 0.2) is 30.9 Å². The Balaban J connectivity index is 0.00000156. The third kappa shape index (κ3) is 2.46. The monoisotopic (exact) mass is 425 g/mol. The van der Waals surface area contributed by atoms with Crippen LogP contribution in [-0.4, -0.2) is 35.8 Å². The number of quaternary nitrogens is 1. The molecule has 4 unspecified atom stereocenters. The Morgan fingerprint density at radius 2 is 2.17 bits per heavy atom. The van der Waals surface area contributed by atoms with Crippen LogP contribution in [0, 0.1) is 5.92 Å². The molecule has 1 saturated heterocycles. The van der Waals surface area contributed by atoms with Crippen molar-refractivity contribution in [2.75, 3.05) is 20.1 Å². The smallest absolute Gasteiger partial charge is 0.115 e. The normalized spacial score (nSPS) is 38.0. The number of hydrogen-bond donors (Lipinski definition) is 1. The number of fused-ring (bicyclic) bond motifs is 1. The van der Waals surface area contributed by atoms with Crippen LogP contribution in [0.4, 0.5) is 0 Å². The summed E-state index contributed by atoms with van der Waals surface area (Å²) >= 11 is 0. The van der Waals surface area contributed by atoms with Crippen LogP contribution >= 0.6 is 0 Å². The molecule has 2 bridgehead atoms. The van der Waals surface area contributed by atoms with Crippen LogP contribution in [-0.2, 0) is 11.8 Å². The minimum Gasteiger partial charge on any atom is -1.00 e. The average molecular weight is 425 g/mol. The zero-order valence-electron chi connectivity index (χ0n) is 14.1. The number of rotatable bonds is 2. The maximum Gasteiger partial charge on any atom is 0.115 e. The van der Waals surface area contributed by atoms with E-state index in [2.05, 4.69) is 31.8 Å². The van der Waals surface area contributed by atoms with Crippen molar-refractivity contribution in [3.05, 3.63) is 42.0 Å². The predicted octanol–water partition coefficient (Wildman–Crippen LogP) is 0.785. The van der Waals surface area contributed by atoms with Crippen LogP contribution in [0.2, 0.25) is 0 Å². The van der Waals surface area contributed by atoms with E-state index in [1.54, 1.807) is 0 Å². The summed E-state index contributed by atoms with van der Waals surface area (Å²) in [5.74, 6) is 1.24. The van der Waals surface area contributed by atoms with E-state index in [9.17, 15) is 5.11 Å². The van der Waals surface area contributed by atoms with Gasteiger partial charge < -0.3 is 33.6 Å². The first-order chi connectivity index (χ1) is 10.6. The summed E-state index contributed by atoms with van der Waals surface area (Å²) in [6, 6.07) is 6.89. The molecule has 1 saturated carbocycles. The Kier molecular flexibility index (Phi) is 4.56. The standard InChI is InChI=1S/C20H27NO.HI/c1-3-11-21(2)12-10-20-9-5-4-6-17(20)19(21)13-15-7-8-16(22)14-18(15)20;/h3,7-8,14,17,19H,1,4-6,9-13H2,2H3;1H. The van der Waals surface area contributed by atoms with Crippen molar-refractivity contribution >= 4 is 0 Å². The van der Waals surface area contributed by atoms with Crippen LogP contribution in [0.3, 0.4) is 0 Å². The van der Waals surface area contributed by atoms with Gasteiger partial charge >= 0.3 is 0 Å². The number of likely N-dealkylation sites (N-methyl/N-ethyl adjacent to an activating group) is 1. The number of piperidine rings is 1. The number of phenolic OH excluding ortho intramolecular Hbond substituents is 1. The predicted molar refractivity (Wildman–Crippen MR) is 90.0 cm³/mol. The van der Waals surface area contributed by atoms with Crippen molar-refractivity contribution in [1.82, 2.24) is 0 Å². The van der Waals surface area contributed by atoms with Gasteiger partial charge in [-0.1, -0.05) is 25.5 Å². The summed E-state index contributed by atoms with van der Waals surface area (Å²) in [5, 5.41) is 10.0. The number of halogens is 1. The van der Waals surface area contributed by atoms with Crippen LogP contribution < -0.4 is 24.0 Å². The van der Waals surface area contributed by atoms with Gasteiger partial charge in [0.15, 0.2) is 0 Å². The largest absolute Gasteiger partial charge is 1.00 e. The van der Waals surface area contributed by atoms with Gasteiger partial charge in [0.05, 0.1) is 26.2 Å². The molecule has 3 heteroatoms. The molecule has 1 N–H and O–H groups in total. The average Bonchev–Trinajstić information content (AvgIpc) is 2.52. The first-order valence-electron chi connectivity index (χ1n) is 8.87. The third-order valence-electron chi connectivity index (χ3n) is 7.04. The lowest BCUT2D eigenvalue weighted by Crippen LogP contribution is -3.00. The molecule has 1 aromatic carbocycles. The molecule has 0 spiro atoms. The number of nitrogens with zero attached hydrogens (tertiary/aromatic N) is 1. The maximum absolute atomic E-state index is 10.0. The van der Waals surface area contributed by atoms with E-state index < -0.39 is 0 Å². The fraction of sp³-hybridized carbons (Fsp3) is 0.600. The Morgan fingerprint density at radius 3 is 2.96 bits per heavy atom. The maximum atomic E-state index is 10.0. The van der Waals surface area contributed by atoms with Gasteiger partial charge in [-0.15, -0.1) is 0 Å². The van der Waals surface area contributed by atoms with Crippen molar-refractivity contribution in [3.63, 3.8) is 0 Å². The summed E-state index contributed by atoms with van der Waals surface area (Å²) in [4.78, 5) is 0. The molecule has 2 fully saturated rings. The molecular weight excluding hydrogens is 397 g/mol. The van der Waals surface area contributed by atoms with Crippen molar-refractivity contribution in [2.24, 2.45) is 5.92 Å². The summed E-state index contributed by atoms with van der Waals surface area (Å²) < 4.78 is 1.16. The quantitative estimate of drug-likeness (QED) is 0.422. The third-order valence-corrected chi connectivity index (χ3v) is 7.04. The van der Waals surface area contributed by atoms with Crippen molar-refractivity contribution in [1.29, 1.82) is 0 Å². The lowest BCUT2D eigenvalue weighted by molar-refractivity contribution is -0.940. The van der Waals surface area contributed by atoms with E-state index in [0.717, 1.165) is 23.0 Å². The molecule has 1 heterocycles. The summed E-state index contributed by atoms with van der Waals surface area (Å²) in [7, 11) is 2.44. The van der Waals surface area contributed by atoms with Gasteiger partial charge in [-0.05, 0) is 42.2 Å². The highest BCUT2D eigenvalue weighted by atomic mass is 127. The topological polar surface area (TPSA) is 20.2 Å². The lowest BCUT2D eigenvalue weighted by Gasteiger charge is -2.61. The van der Waals surface area contributed by atoms with Crippen LogP contribution in [0.25, 0.3) is 0 Å². The fourth-order valence-electron chi connectivity index (χ4n) is 5.98. The molecule has 23 heavy (non-hydrogen) atoms. The van der Waals surface area contributed by atoms with E-state index in [1.807, 2.05) is 6.07 Å². The molecule has 0 amide bonds. The molecule has 0 radical (unpaired) electrons. The molecule has 1 aliphatic heterocycles. The van der Waals surface area contributed by atoms with Gasteiger partial charge in [0.25, 0.3) is 0 Å². The molecule has 0 aromatic heterocycles. The zero-order valence-corrected chi connectivity index (χ0v) is 16.3. The second-order valence-electron chi connectivity index (χ2n) is 8.05. The Bertz CT molecular complexity index is 616. The van der Waals surface area contributed by atoms with Gasteiger partial charge in [-0.2, -0.15) is 0 Å². The number of benzene rings is 1. The highest BCUT2D eigenvalue weighted by Crippen LogP contribution is 2.57. The van der Waals surface area contributed by atoms with Crippen molar-refractivity contribution in [2.45, 2.75) is 50.0 Å². The number of likely N-dealkylation sites (tertiary alicyclic amines) is 1. The van der Waals surface area contributed by atoms with Gasteiger partial charge in [-0.25, -0.2) is 0 Å². The van der Waals surface area contributed by atoms with E-state index in [4.69, 9.17) is 0 Å². The highest BCUT2D eigenvalue weighted by Gasteiger charge is 2.58. The molecular formula is C20H28INO. The molecule has 1 aromatic rings. The van der Waals surface area contributed by atoms with E-state index in [-0.39, 0.29) is 24.0 Å². The second-order valence-corrected chi connectivity index (χ2v) is 8.05. The zero-order chi connectivity index (χ0) is 15.4. The van der Waals surface area contributed by atoms with Crippen molar-refractivity contribution in [3.8, 4) is 5.75 Å². The highest BCUT2D eigenvalue weighted by molar-refractivity contribution is 5.44. The van der Waals surface area contributed by atoms with Gasteiger partial charge in [-0.3, -0.25) is 0 Å². The lowest BCUT2D eigenvalue weighted by atomic mass is 9.52. The van der Waals surface area contributed by atoms with Gasteiger partial charge in [0, 0.05) is 24.2 Å². The second kappa shape index (κ2) is 6.07. The fourth-order valence-corrected chi connectivity index (χ4v) is 5.98. The Morgan fingerprint density at radius 1 is 1.35 bits per heavy atom.